The molecule has 0 fully saturated rings. The number of nitrogens with zero attached hydrogens (tertiary/aromatic N) is 4. The minimum atomic E-state index is -0.582. The van der Waals surface area contributed by atoms with Crippen LogP contribution in [0.1, 0.15) is 0 Å². The Morgan fingerprint density at radius 3 is 2.62 bits per heavy atom. The average molecular weight is 221 g/mol. The van der Waals surface area contributed by atoms with Crippen molar-refractivity contribution >= 4 is 23.0 Å². The fourth-order valence-electron chi connectivity index (χ4n) is 1.00. The van der Waals surface area contributed by atoms with Gasteiger partial charge in [-0.1, -0.05) is 0 Å². The first-order chi connectivity index (χ1) is 7.66. The van der Waals surface area contributed by atoms with E-state index in [-0.39, 0.29) is 17.3 Å². The van der Waals surface area contributed by atoms with Crippen molar-refractivity contribution in [3.8, 4) is 0 Å². The van der Waals surface area contributed by atoms with Gasteiger partial charge in [-0.15, -0.1) is 10.2 Å². The molecule has 2 aromatic rings. The van der Waals surface area contributed by atoms with Crippen LogP contribution in [0.4, 0.5) is 27.4 Å². The fourth-order valence-corrected chi connectivity index (χ4v) is 1.00. The molecule has 8 heteroatoms. The Hall–Kier alpha value is -2.51. The van der Waals surface area contributed by atoms with Crippen LogP contribution in [0.5, 0.6) is 0 Å². The lowest BCUT2D eigenvalue weighted by molar-refractivity contribution is 0.584. The monoisotopic (exact) mass is 221 g/mol. The van der Waals surface area contributed by atoms with Gasteiger partial charge in [0, 0.05) is 0 Å². The topological polar surface area (TPSA) is 118 Å². The van der Waals surface area contributed by atoms with E-state index >= 15 is 0 Å². The molecule has 2 aromatic heterocycles. The summed E-state index contributed by atoms with van der Waals surface area (Å²) in [7, 11) is 0. The second-order valence-electron chi connectivity index (χ2n) is 2.91. The van der Waals surface area contributed by atoms with Crippen molar-refractivity contribution in [1.29, 1.82) is 0 Å². The molecule has 7 nitrogen and oxygen atoms in total. The molecule has 0 atom stereocenters. The third-order valence-corrected chi connectivity index (χ3v) is 1.77. The van der Waals surface area contributed by atoms with Crippen LogP contribution in [0.25, 0.3) is 0 Å². The highest BCUT2D eigenvalue weighted by Gasteiger charge is 2.06. The van der Waals surface area contributed by atoms with Gasteiger partial charge >= 0.3 is 0 Å². The number of aromatic nitrogens is 3. The summed E-state index contributed by atoms with van der Waals surface area (Å²) >= 11 is 0. The number of nitrogens with one attached hydrogen (secondary N) is 1. The zero-order valence-electron chi connectivity index (χ0n) is 8.05. The van der Waals surface area contributed by atoms with Gasteiger partial charge in [0.2, 0.25) is 5.95 Å². The van der Waals surface area contributed by atoms with Gasteiger partial charge < -0.3 is 11.5 Å². The van der Waals surface area contributed by atoms with Crippen molar-refractivity contribution < 1.29 is 4.39 Å². The zero-order chi connectivity index (χ0) is 11.5. The number of pyridine rings is 1. The number of hydrogen-bond donors (Lipinski definition) is 3. The number of H-pyrrole nitrogens is 1. The Kier molecular flexibility index (Phi) is 2.46. The van der Waals surface area contributed by atoms with E-state index in [1.165, 1.54) is 18.3 Å². The molecule has 0 radical (unpaired) electrons. The van der Waals surface area contributed by atoms with Crippen LogP contribution in [0.2, 0.25) is 0 Å². The van der Waals surface area contributed by atoms with Crippen molar-refractivity contribution in [2.75, 3.05) is 11.5 Å². The quantitative estimate of drug-likeness (QED) is 0.526. The fraction of sp³-hybridized carbons (Fsp3) is 0. The molecule has 0 aromatic carbocycles. The largest absolute Gasteiger partial charge is 0.382 e. The van der Waals surface area contributed by atoms with Gasteiger partial charge in [-0.25, -0.2) is 4.98 Å². The van der Waals surface area contributed by atoms with Crippen molar-refractivity contribution in [3.05, 3.63) is 24.3 Å². The van der Waals surface area contributed by atoms with E-state index in [1.807, 2.05) is 0 Å². The predicted octanol–water partition coefficient (Wildman–Crippen LogP) is 1.52. The maximum Gasteiger partial charge on any atom is 0.212 e. The summed E-state index contributed by atoms with van der Waals surface area (Å²) in [4.78, 5) is 3.42. The van der Waals surface area contributed by atoms with Gasteiger partial charge in [-0.3, -0.25) is 5.10 Å². The number of nitrogen functional groups attached to an aromatic ring is 2. The van der Waals surface area contributed by atoms with Crippen molar-refractivity contribution in [3.63, 3.8) is 0 Å². The van der Waals surface area contributed by atoms with Crippen molar-refractivity contribution in [2.45, 2.75) is 0 Å². The molecule has 0 saturated heterocycles. The molecule has 0 aliphatic heterocycles. The van der Waals surface area contributed by atoms with E-state index in [0.717, 1.165) is 0 Å². The van der Waals surface area contributed by atoms with Crippen LogP contribution in [0.3, 0.4) is 0 Å². The number of hydrogen-bond acceptors (Lipinski definition) is 6. The van der Waals surface area contributed by atoms with E-state index in [0.29, 0.717) is 5.69 Å². The van der Waals surface area contributed by atoms with E-state index in [9.17, 15) is 4.39 Å². The molecule has 0 aliphatic rings. The maximum absolute atomic E-state index is 12.5. The van der Waals surface area contributed by atoms with Gasteiger partial charge in [0.15, 0.2) is 11.5 Å². The Bertz CT molecular complexity index is 496. The molecule has 5 N–H and O–H groups in total. The lowest BCUT2D eigenvalue weighted by Crippen LogP contribution is -1.84. The lowest BCUT2D eigenvalue weighted by Gasteiger charge is -1.92. The van der Waals surface area contributed by atoms with E-state index in [2.05, 4.69) is 25.4 Å². The third-order valence-electron chi connectivity index (χ3n) is 1.77. The summed E-state index contributed by atoms with van der Waals surface area (Å²) in [6, 6.07) is 2.61. The van der Waals surface area contributed by atoms with Crippen LogP contribution in [-0.2, 0) is 0 Å². The molecule has 0 bridgehead atoms. The summed E-state index contributed by atoms with van der Waals surface area (Å²) in [5.41, 5.74) is 11.6. The summed E-state index contributed by atoms with van der Waals surface area (Å²) < 4.78 is 12.5. The number of nitrogens with two attached hydrogens (primary N) is 2. The molecule has 0 aliphatic carbocycles. The Balaban J connectivity index is 2.24. The van der Waals surface area contributed by atoms with Crippen LogP contribution in [0.15, 0.2) is 28.6 Å². The maximum atomic E-state index is 12.5. The number of azo groups is 1. The number of halogens is 1. The summed E-state index contributed by atoms with van der Waals surface area (Å²) in [6.07, 6.45) is 1.24. The molecular formula is C8H8FN7. The van der Waals surface area contributed by atoms with E-state index in [1.54, 1.807) is 0 Å². The van der Waals surface area contributed by atoms with Crippen molar-refractivity contribution in [2.24, 2.45) is 10.2 Å². The van der Waals surface area contributed by atoms with Crippen molar-refractivity contribution in [1.82, 2.24) is 15.2 Å². The normalized spacial score (nSPS) is 11.1. The molecule has 2 heterocycles. The smallest absolute Gasteiger partial charge is 0.212 e. The first-order valence-electron chi connectivity index (χ1n) is 4.29. The highest BCUT2D eigenvalue weighted by Crippen LogP contribution is 2.27. The highest BCUT2D eigenvalue weighted by atomic mass is 19.1. The summed E-state index contributed by atoms with van der Waals surface area (Å²) in [6.45, 7) is 0. The molecule has 0 unspecified atom stereocenters. The van der Waals surface area contributed by atoms with Crippen LogP contribution in [0, 0.1) is 5.95 Å². The number of anilines is 2. The molecule has 0 saturated carbocycles. The van der Waals surface area contributed by atoms with Crippen LogP contribution < -0.4 is 11.5 Å². The molecular weight excluding hydrogens is 213 g/mol. The Morgan fingerprint density at radius 2 is 2.06 bits per heavy atom. The summed E-state index contributed by atoms with van der Waals surface area (Å²) in [5, 5.41) is 13.7. The minimum Gasteiger partial charge on any atom is -0.382 e. The zero-order valence-corrected chi connectivity index (χ0v) is 8.05. The van der Waals surface area contributed by atoms with E-state index in [4.69, 9.17) is 11.5 Å². The number of rotatable bonds is 2. The van der Waals surface area contributed by atoms with Gasteiger partial charge in [0.1, 0.15) is 11.5 Å². The highest BCUT2D eigenvalue weighted by molar-refractivity contribution is 5.70. The van der Waals surface area contributed by atoms with Gasteiger partial charge in [0.05, 0.1) is 6.20 Å². The second kappa shape index (κ2) is 3.93. The Labute approximate surface area is 89.4 Å². The Morgan fingerprint density at radius 1 is 1.25 bits per heavy atom. The minimum absolute atomic E-state index is 0.149. The SMILES string of the molecule is Nc1n[nH]c(N)c1N=Nc1ccc(F)nc1. The number of aromatic amines is 1. The first kappa shape index (κ1) is 10.0. The third kappa shape index (κ3) is 1.95. The summed E-state index contributed by atoms with van der Waals surface area (Å²) in [5.74, 6) is -0.214. The first-order valence-corrected chi connectivity index (χ1v) is 4.29. The molecule has 0 amide bonds. The second-order valence-corrected chi connectivity index (χ2v) is 2.91. The lowest BCUT2D eigenvalue weighted by atomic mass is 10.4. The van der Waals surface area contributed by atoms with E-state index < -0.39 is 5.95 Å². The predicted molar refractivity (Wildman–Crippen MR) is 55.8 cm³/mol. The molecule has 0 spiro atoms. The van der Waals surface area contributed by atoms with Crippen LogP contribution >= 0.6 is 0 Å². The van der Waals surface area contributed by atoms with Gasteiger partial charge in [-0.05, 0) is 12.1 Å². The van der Waals surface area contributed by atoms with Gasteiger partial charge in [-0.2, -0.15) is 9.49 Å². The molecule has 82 valence electrons. The van der Waals surface area contributed by atoms with Crippen LogP contribution in [-0.4, -0.2) is 15.2 Å². The van der Waals surface area contributed by atoms with Gasteiger partial charge in [0.25, 0.3) is 0 Å². The molecule has 16 heavy (non-hydrogen) atoms. The molecule has 2 rings (SSSR count). The standard InChI is InChI=1S/C8H8FN7/c9-5-2-1-4(3-12-5)13-14-6-7(10)15-16-8(6)11/h1-3H,(H5,10,11,15,16). The average Bonchev–Trinajstić information content (AvgIpc) is 2.59.